The second-order valence-corrected chi connectivity index (χ2v) is 6.16. The minimum atomic E-state index is 0. The predicted molar refractivity (Wildman–Crippen MR) is 99.1 cm³/mol. The zero-order valence-corrected chi connectivity index (χ0v) is 15.9. The average molecular weight is 396 g/mol. The highest BCUT2D eigenvalue weighted by Gasteiger charge is 2.15. The van der Waals surface area contributed by atoms with Gasteiger partial charge in [-0.05, 0) is 37.6 Å². The molecule has 120 valence electrons. The van der Waals surface area contributed by atoms with Gasteiger partial charge in [0.2, 0.25) is 0 Å². The van der Waals surface area contributed by atoms with Crippen LogP contribution in [0.25, 0.3) is 0 Å². The zero-order valence-electron chi connectivity index (χ0n) is 13.6. The molecule has 0 aromatic rings. The number of likely N-dealkylation sites (tertiary alicyclic amines) is 1. The van der Waals surface area contributed by atoms with Crippen LogP contribution in [0.3, 0.4) is 0 Å². The number of hydrogen-bond donors (Lipinski definition) is 2. The summed E-state index contributed by atoms with van der Waals surface area (Å²) < 4.78 is 0. The highest BCUT2D eigenvalue weighted by molar-refractivity contribution is 14.0. The molecule has 1 fully saturated rings. The van der Waals surface area contributed by atoms with Crippen LogP contribution in [-0.4, -0.2) is 50.6 Å². The van der Waals surface area contributed by atoms with Crippen molar-refractivity contribution in [2.75, 3.05) is 39.8 Å². The van der Waals surface area contributed by atoms with E-state index in [-0.39, 0.29) is 24.0 Å². The fourth-order valence-corrected chi connectivity index (χ4v) is 2.52. The van der Waals surface area contributed by atoms with Crippen LogP contribution in [0.2, 0.25) is 0 Å². The van der Waals surface area contributed by atoms with Crippen molar-refractivity contribution < 1.29 is 0 Å². The molecule has 0 amide bonds. The summed E-state index contributed by atoms with van der Waals surface area (Å²) in [4.78, 5) is 6.82. The van der Waals surface area contributed by atoms with Gasteiger partial charge in [-0.25, -0.2) is 0 Å². The summed E-state index contributed by atoms with van der Waals surface area (Å²) >= 11 is 0. The Morgan fingerprint density at radius 2 is 2.00 bits per heavy atom. The molecule has 0 saturated carbocycles. The van der Waals surface area contributed by atoms with E-state index in [0.29, 0.717) is 0 Å². The van der Waals surface area contributed by atoms with E-state index in [1.807, 2.05) is 7.05 Å². The number of nitrogens with one attached hydrogen (secondary N) is 2. The molecular weight excluding hydrogens is 363 g/mol. The van der Waals surface area contributed by atoms with Gasteiger partial charge in [0.25, 0.3) is 0 Å². The molecule has 1 heterocycles. The molecule has 0 bridgehead atoms. The van der Waals surface area contributed by atoms with Crippen molar-refractivity contribution in [3.05, 3.63) is 0 Å². The molecular formula is C15H33IN4. The molecule has 1 rings (SSSR count). The molecule has 1 aliphatic rings. The number of piperidine rings is 1. The minimum absolute atomic E-state index is 0. The van der Waals surface area contributed by atoms with Crippen molar-refractivity contribution in [1.82, 2.24) is 15.5 Å². The van der Waals surface area contributed by atoms with E-state index < -0.39 is 0 Å². The quantitative estimate of drug-likeness (QED) is 0.412. The van der Waals surface area contributed by atoms with Gasteiger partial charge in [-0.1, -0.05) is 20.8 Å². The lowest BCUT2D eigenvalue weighted by atomic mass is 10.0. The summed E-state index contributed by atoms with van der Waals surface area (Å²) in [7, 11) is 1.84. The van der Waals surface area contributed by atoms with Gasteiger partial charge in [0, 0.05) is 33.2 Å². The number of hydrogen-bond acceptors (Lipinski definition) is 2. The molecule has 4 nitrogen and oxygen atoms in total. The van der Waals surface area contributed by atoms with Crippen LogP contribution < -0.4 is 10.6 Å². The normalized spacial score (nSPS) is 20.6. The molecule has 1 saturated heterocycles. The van der Waals surface area contributed by atoms with Gasteiger partial charge in [-0.3, -0.25) is 4.99 Å². The standard InChI is InChI=1S/C15H32N4.HI/c1-13(2)7-8-17-15(16-4)18-9-11-19-10-5-6-14(3)12-19;/h13-14H,5-12H2,1-4H3,(H2,16,17,18);1H. The summed E-state index contributed by atoms with van der Waals surface area (Å²) in [6, 6.07) is 0. The predicted octanol–water partition coefficient (Wildman–Crippen LogP) is 2.55. The molecule has 2 N–H and O–H groups in total. The van der Waals surface area contributed by atoms with E-state index in [2.05, 4.69) is 41.3 Å². The van der Waals surface area contributed by atoms with Gasteiger partial charge in [-0.15, -0.1) is 24.0 Å². The largest absolute Gasteiger partial charge is 0.356 e. The molecule has 0 radical (unpaired) electrons. The zero-order chi connectivity index (χ0) is 14.1. The van der Waals surface area contributed by atoms with Gasteiger partial charge in [-0.2, -0.15) is 0 Å². The first kappa shape index (κ1) is 20.0. The number of rotatable bonds is 6. The summed E-state index contributed by atoms with van der Waals surface area (Å²) in [6.45, 7) is 12.4. The van der Waals surface area contributed by atoms with E-state index in [4.69, 9.17) is 0 Å². The van der Waals surface area contributed by atoms with Gasteiger partial charge >= 0.3 is 0 Å². The lowest BCUT2D eigenvalue weighted by Crippen LogP contribution is -2.44. The first-order valence-electron chi connectivity index (χ1n) is 7.78. The van der Waals surface area contributed by atoms with Gasteiger partial charge in [0.05, 0.1) is 0 Å². The topological polar surface area (TPSA) is 39.7 Å². The molecule has 0 aliphatic carbocycles. The lowest BCUT2D eigenvalue weighted by molar-refractivity contribution is 0.187. The number of aliphatic imine (C=N–C) groups is 1. The van der Waals surface area contributed by atoms with Crippen molar-refractivity contribution in [1.29, 1.82) is 0 Å². The molecule has 1 atom stereocenters. The smallest absolute Gasteiger partial charge is 0.191 e. The van der Waals surface area contributed by atoms with Crippen LogP contribution in [0.15, 0.2) is 4.99 Å². The second-order valence-electron chi connectivity index (χ2n) is 6.16. The fraction of sp³-hybridized carbons (Fsp3) is 0.933. The highest BCUT2D eigenvalue weighted by Crippen LogP contribution is 2.14. The summed E-state index contributed by atoms with van der Waals surface area (Å²) in [5.74, 6) is 2.53. The van der Waals surface area contributed by atoms with E-state index in [1.165, 1.54) is 32.4 Å². The summed E-state index contributed by atoms with van der Waals surface area (Å²) in [5, 5.41) is 6.77. The van der Waals surface area contributed by atoms with Crippen LogP contribution in [0, 0.1) is 11.8 Å². The average Bonchev–Trinajstić information content (AvgIpc) is 2.36. The van der Waals surface area contributed by atoms with Gasteiger partial charge in [0.1, 0.15) is 0 Å². The van der Waals surface area contributed by atoms with E-state index in [0.717, 1.165) is 37.4 Å². The first-order valence-corrected chi connectivity index (χ1v) is 7.78. The van der Waals surface area contributed by atoms with Crippen LogP contribution in [0.5, 0.6) is 0 Å². The first-order chi connectivity index (χ1) is 9.11. The van der Waals surface area contributed by atoms with Crippen LogP contribution in [-0.2, 0) is 0 Å². The Morgan fingerprint density at radius 1 is 1.30 bits per heavy atom. The van der Waals surface area contributed by atoms with Gasteiger partial charge < -0.3 is 15.5 Å². The van der Waals surface area contributed by atoms with E-state index >= 15 is 0 Å². The maximum Gasteiger partial charge on any atom is 0.191 e. The maximum atomic E-state index is 4.26. The van der Waals surface area contributed by atoms with E-state index in [1.54, 1.807) is 0 Å². The van der Waals surface area contributed by atoms with Crippen molar-refractivity contribution in [2.45, 2.75) is 40.0 Å². The Hall–Kier alpha value is -0.0400. The maximum absolute atomic E-state index is 4.26. The summed E-state index contributed by atoms with van der Waals surface area (Å²) in [6.07, 6.45) is 3.93. The third kappa shape index (κ3) is 9.00. The molecule has 20 heavy (non-hydrogen) atoms. The third-order valence-electron chi connectivity index (χ3n) is 3.70. The van der Waals surface area contributed by atoms with Crippen LogP contribution in [0.1, 0.15) is 40.0 Å². The molecule has 0 aromatic carbocycles. The Morgan fingerprint density at radius 3 is 2.60 bits per heavy atom. The van der Waals surface area contributed by atoms with Crippen LogP contribution >= 0.6 is 24.0 Å². The van der Waals surface area contributed by atoms with E-state index in [9.17, 15) is 0 Å². The molecule has 1 aliphatic heterocycles. The Labute approximate surface area is 142 Å². The Bertz CT molecular complexity index is 269. The molecule has 1 unspecified atom stereocenters. The Kier molecular flexibility index (Phi) is 11.6. The lowest BCUT2D eigenvalue weighted by Gasteiger charge is -2.30. The van der Waals surface area contributed by atoms with Crippen LogP contribution in [0.4, 0.5) is 0 Å². The highest BCUT2D eigenvalue weighted by atomic mass is 127. The molecule has 0 spiro atoms. The third-order valence-corrected chi connectivity index (χ3v) is 3.70. The number of halogens is 1. The van der Waals surface area contributed by atoms with Gasteiger partial charge in [0.15, 0.2) is 5.96 Å². The van der Waals surface area contributed by atoms with Crippen molar-refractivity contribution in [2.24, 2.45) is 16.8 Å². The molecule has 5 heteroatoms. The Balaban J connectivity index is 0.00000361. The second kappa shape index (κ2) is 11.6. The molecule has 0 aromatic heterocycles. The minimum Gasteiger partial charge on any atom is -0.356 e. The van der Waals surface area contributed by atoms with Crippen molar-refractivity contribution in [3.8, 4) is 0 Å². The van der Waals surface area contributed by atoms with Crippen molar-refractivity contribution >= 4 is 29.9 Å². The SMILES string of the molecule is CN=C(NCCC(C)C)NCCN1CCCC(C)C1.I. The van der Waals surface area contributed by atoms with Crippen molar-refractivity contribution in [3.63, 3.8) is 0 Å². The summed E-state index contributed by atoms with van der Waals surface area (Å²) in [5.41, 5.74) is 0. The fourth-order valence-electron chi connectivity index (χ4n) is 2.52. The number of guanidine groups is 1. The monoisotopic (exact) mass is 396 g/mol. The number of nitrogens with zero attached hydrogens (tertiary/aromatic N) is 2.